The summed E-state index contributed by atoms with van der Waals surface area (Å²) >= 11 is 0. The molecular formula is C18H17NO2. The van der Waals surface area contributed by atoms with E-state index in [-0.39, 0.29) is 0 Å². The van der Waals surface area contributed by atoms with E-state index in [4.69, 9.17) is 0 Å². The zero-order valence-corrected chi connectivity index (χ0v) is 12.1. The molecule has 0 radical (unpaired) electrons. The predicted octanol–water partition coefficient (Wildman–Crippen LogP) is 4.00. The Morgan fingerprint density at radius 1 is 1.10 bits per heavy atom. The third kappa shape index (κ3) is 2.42. The van der Waals surface area contributed by atoms with Crippen LogP contribution in [0.5, 0.6) is 0 Å². The zero-order valence-electron chi connectivity index (χ0n) is 12.1. The van der Waals surface area contributed by atoms with E-state index in [1.54, 1.807) is 6.07 Å². The van der Waals surface area contributed by atoms with E-state index in [1.165, 1.54) is 5.56 Å². The van der Waals surface area contributed by atoms with E-state index in [0.29, 0.717) is 12.2 Å². The fourth-order valence-electron chi connectivity index (χ4n) is 2.73. The van der Waals surface area contributed by atoms with E-state index in [1.807, 2.05) is 60.9 Å². The van der Waals surface area contributed by atoms with Gasteiger partial charge in [-0.3, -0.25) is 0 Å². The molecule has 0 fully saturated rings. The molecule has 0 aliphatic rings. The molecular weight excluding hydrogens is 262 g/mol. The minimum atomic E-state index is -0.891. The molecule has 0 spiro atoms. The summed E-state index contributed by atoms with van der Waals surface area (Å²) in [6, 6.07) is 15.9. The molecule has 0 saturated heterocycles. The lowest BCUT2D eigenvalue weighted by Gasteiger charge is -2.10. The van der Waals surface area contributed by atoms with Gasteiger partial charge >= 0.3 is 5.97 Å². The first-order valence-electron chi connectivity index (χ1n) is 6.94. The number of aromatic nitrogens is 1. The van der Waals surface area contributed by atoms with Gasteiger partial charge in [0.25, 0.3) is 0 Å². The molecule has 0 bridgehead atoms. The summed E-state index contributed by atoms with van der Waals surface area (Å²) in [5, 5.41) is 10.4. The van der Waals surface area contributed by atoms with Gasteiger partial charge in [0.15, 0.2) is 0 Å². The molecule has 1 heterocycles. The van der Waals surface area contributed by atoms with Crippen molar-refractivity contribution in [2.45, 2.75) is 20.4 Å². The van der Waals surface area contributed by atoms with Gasteiger partial charge in [-0.05, 0) is 31.0 Å². The lowest BCUT2D eigenvalue weighted by Crippen LogP contribution is -2.09. The van der Waals surface area contributed by atoms with Crippen molar-refractivity contribution >= 4 is 16.9 Å². The van der Waals surface area contributed by atoms with Crippen LogP contribution in [0.3, 0.4) is 0 Å². The maximum absolute atomic E-state index is 11.5. The van der Waals surface area contributed by atoms with Crippen molar-refractivity contribution in [1.29, 1.82) is 0 Å². The Kier molecular flexibility index (Phi) is 3.26. The first-order valence-corrected chi connectivity index (χ1v) is 6.94. The fraction of sp³-hybridized carbons (Fsp3) is 0.167. The summed E-state index contributed by atoms with van der Waals surface area (Å²) in [5.41, 5.74) is 4.72. The Morgan fingerprint density at radius 2 is 1.81 bits per heavy atom. The van der Waals surface area contributed by atoms with Crippen molar-refractivity contribution < 1.29 is 9.90 Å². The molecule has 0 aliphatic carbocycles. The summed E-state index contributed by atoms with van der Waals surface area (Å²) in [6.07, 6.45) is 0. The first-order chi connectivity index (χ1) is 10.1. The molecule has 2 aromatic carbocycles. The number of fused-ring (bicyclic) bond motifs is 1. The largest absolute Gasteiger partial charge is 0.477 e. The van der Waals surface area contributed by atoms with Gasteiger partial charge in [-0.25, -0.2) is 4.79 Å². The highest BCUT2D eigenvalue weighted by Gasteiger charge is 2.16. The van der Waals surface area contributed by atoms with Gasteiger partial charge in [0.1, 0.15) is 5.69 Å². The number of carboxylic acid groups (broad SMARTS) is 1. The molecule has 0 unspecified atom stereocenters. The van der Waals surface area contributed by atoms with E-state index in [9.17, 15) is 9.90 Å². The number of para-hydroxylation sites is 1. The van der Waals surface area contributed by atoms with Crippen LogP contribution < -0.4 is 0 Å². The maximum Gasteiger partial charge on any atom is 0.352 e. The van der Waals surface area contributed by atoms with Crippen LogP contribution in [0.4, 0.5) is 0 Å². The lowest BCUT2D eigenvalue weighted by molar-refractivity contribution is 0.0686. The van der Waals surface area contributed by atoms with Crippen molar-refractivity contribution in [2.24, 2.45) is 0 Å². The molecule has 0 aliphatic heterocycles. The average molecular weight is 279 g/mol. The topological polar surface area (TPSA) is 42.2 Å². The highest BCUT2D eigenvalue weighted by atomic mass is 16.4. The van der Waals surface area contributed by atoms with E-state index >= 15 is 0 Å². The Hall–Kier alpha value is -2.55. The molecule has 3 rings (SSSR count). The molecule has 3 aromatic rings. The number of hydrogen-bond acceptors (Lipinski definition) is 1. The predicted molar refractivity (Wildman–Crippen MR) is 83.9 cm³/mol. The number of aryl methyl sites for hydroxylation is 2. The number of aromatic carboxylic acids is 1. The van der Waals surface area contributed by atoms with Crippen LogP contribution in [0.2, 0.25) is 0 Å². The quantitative estimate of drug-likeness (QED) is 0.787. The highest BCUT2D eigenvalue weighted by molar-refractivity contribution is 5.95. The Morgan fingerprint density at radius 3 is 2.48 bits per heavy atom. The van der Waals surface area contributed by atoms with Crippen LogP contribution in [-0.4, -0.2) is 15.6 Å². The number of carboxylic acids is 1. The van der Waals surface area contributed by atoms with Crippen LogP contribution in [0, 0.1) is 13.8 Å². The van der Waals surface area contributed by atoms with Gasteiger partial charge in [-0.1, -0.05) is 48.0 Å². The van der Waals surface area contributed by atoms with Crippen LogP contribution in [-0.2, 0) is 6.54 Å². The minimum Gasteiger partial charge on any atom is -0.477 e. The second-order valence-electron chi connectivity index (χ2n) is 5.42. The Balaban J connectivity index is 2.17. The van der Waals surface area contributed by atoms with Crippen LogP contribution in [0.25, 0.3) is 10.9 Å². The van der Waals surface area contributed by atoms with Crippen molar-refractivity contribution in [3.05, 3.63) is 70.9 Å². The Bertz CT molecular complexity index is 813. The highest BCUT2D eigenvalue weighted by Crippen LogP contribution is 2.24. The standard InChI is InChI=1S/C18H17NO2/c1-12-6-8-14(9-7-12)11-19-16(18(20)21)10-15-5-3-4-13(2)17(15)19/h3-10H,11H2,1-2H3,(H,20,21). The molecule has 3 nitrogen and oxygen atoms in total. The third-order valence-corrected chi connectivity index (χ3v) is 3.80. The zero-order chi connectivity index (χ0) is 15.0. The summed E-state index contributed by atoms with van der Waals surface area (Å²) in [4.78, 5) is 11.5. The summed E-state index contributed by atoms with van der Waals surface area (Å²) in [5.74, 6) is -0.891. The molecule has 106 valence electrons. The van der Waals surface area contributed by atoms with Crippen molar-refractivity contribution in [3.8, 4) is 0 Å². The number of carbonyl (C=O) groups is 1. The van der Waals surface area contributed by atoms with E-state index in [0.717, 1.165) is 22.0 Å². The maximum atomic E-state index is 11.5. The number of hydrogen-bond donors (Lipinski definition) is 1. The van der Waals surface area contributed by atoms with Gasteiger partial charge < -0.3 is 9.67 Å². The lowest BCUT2D eigenvalue weighted by atomic mass is 10.1. The second-order valence-corrected chi connectivity index (χ2v) is 5.42. The van der Waals surface area contributed by atoms with Crippen LogP contribution in [0.1, 0.15) is 27.2 Å². The molecule has 21 heavy (non-hydrogen) atoms. The van der Waals surface area contributed by atoms with E-state index in [2.05, 4.69) is 0 Å². The summed E-state index contributed by atoms with van der Waals surface area (Å²) in [6.45, 7) is 4.62. The fourth-order valence-corrected chi connectivity index (χ4v) is 2.73. The van der Waals surface area contributed by atoms with Crippen molar-refractivity contribution in [3.63, 3.8) is 0 Å². The smallest absolute Gasteiger partial charge is 0.352 e. The molecule has 0 atom stereocenters. The van der Waals surface area contributed by atoms with E-state index < -0.39 is 5.97 Å². The molecule has 3 heteroatoms. The monoisotopic (exact) mass is 279 g/mol. The SMILES string of the molecule is Cc1ccc(Cn2c(C(=O)O)cc3cccc(C)c32)cc1. The van der Waals surface area contributed by atoms with Crippen molar-refractivity contribution in [2.75, 3.05) is 0 Å². The average Bonchev–Trinajstić information content (AvgIpc) is 2.82. The van der Waals surface area contributed by atoms with Gasteiger partial charge in [-0.2, -0.15) is 0 Å². The second kappa shape index (κ2) is 5.09. The van der Waals surface area contributed by atoms with Crippen molar-refractivity contribution in [1.82, 2.24) is 4.57 Å². The van der Waals surface area contributed by atoms with Crippen LogP contribution in [0.15, 0.2) is 48.5 Å². The van der Waals surface area contributed by atoms with Gasteiger partial charge in [0.05, 0.1) is 5.52 Å². The number of benzene rings is 2. The molecule has 0 amide bonds. The Labute approximate surface area is 123 Å². The first kappa shape index (κ1) is 13.4. The van der Waals surface area contributed by atoms with Gasteiger partial charge in [0, 0.05) is 11.9 Å². The minimum absolute atomic E-state index is 0.333. The number of rotatable bonds is 3. The third-order valence-electron chi connectivity index (χ3n) is 3.80. The molecule has 1 N–H and O–H groups in total. The van der Waals surface area contributed by atoms with Gasteiger partial charge in [0.2, 0.25) is 0 Å². The normalized spacial score (nSPS) is 11.0. The number of nitrogens with zero attached hydrogens (tertiary/aromatic N) is 1. The van der Waals surface area contributed by atoms with Gasteiger partial charge in [-0.15, -0.1) is 0 Å². The molecule has 1 aromatic heterocycles. The summed E-state index contributed by atoms with van der Waals surface area (Å²) < 4.78 is 1.89. The molecule has 0 saturated carbocycles. The summed E-state index contributed by atoms with van der Waals surface area (Å²) in [7, 11) is 0. The van der Waals surface area contributed by atoms with Crippen LogP contribution >= 0.6 is 0 Å².